The van der Waals surface area contributed by atoms with E-state index in [-0.39, 0.29) is 4.90 Å². The van der Waals surface area contributed by atoms with E-state index in [1.54, 1.807) is 18.2 Å². The molecule has 0 fully saturated rings. The van der Waals surface area contributed by atoms with E-state index in [0.717, 1.165) is 0 Å². The molecule has 0 spiro atoms. The van der Waals surface area contributed by atoms with Gasteiger partial charge in [-0.2, -0.15) is 8.42 Å². The van der Waals surface area contributed by atoms with Crippen molar-refractivity contribution in [2.75, 3.05) is 0 Å². The fourth-order valence-corrected chi connectivity index (χ4v) is 2.04. The molecule has 82 valence electrons. The summed E-state index contributed by atoms with van der Waals surface area (Å²) in [6.45, 7) is 1.27. The van der Waals surface area contributed by atoms with Gasteiger partial charge in [0.2, 0.25) is 0 Å². The zero-order valence-corrected chi connectivity index (χ0v) is 9.46. The number of carbonyl (C=O) groups is 1. The van der Waals surface area contributed by atoms with Gasteiger partial charge in [-0.05, 0) is 30.7 Å². The molecule has 0 aliphatic carbocycles. The molecule has 0 aliphatic rings. The summed E-state index contributed by atoms with van der Waals surface area (Å²) in [7, 11) is -3.91. The maximum atomic E-state index is 11.5. The van der Waals surface area contributed by atoms with Crippen molar-refractivity contribution in [2.45, 2.75) is 17.9 Å². The normalized spacial score (nSPS) is 13.5. The van der Waals surface area contributed by atoms with E-state index >= 15 is 0 Å². The number of rotatable bonds is 4. The van der Waals surface area contributed by atoms with Gasteiger partial charge in [0.15, 0.2) is 0 Å². The van der Waals surface area contributed by atoms with Gasteiger partial charge in [0.25, 0.3) is 15.4 Å². The third-order valence-corrected chi connectivity index (χ3v) is 3.32. The average molecular weight is 249 g/mol. The molecule has 0 amide bonds. The first kappa shape index (κ1) is 12.2. The van der Waals surface area contributed by atoms with Gasteiger partial charge in [-0.3, -0.25) is 8.98 Å². The lowest BCUT2D eigenvalue weighted by Gasteiger charge is -2.08. The molecule has 0 saturated carbocycles. The minimum atomic E-state index is -3.91. The van der Waals surface area contributed by atoms with E-state index < -0.39 is 21.5 Å². The van der Waals surface area contributed by atoms with Crippen molar-refractivity contribution in [3.8, 4) is 0 Å². The lowest BCUT2D eigenvalue weighted by atomic mass is 10.4. The van der Waals surface area contributed by atoms with Crippen molar-refractivity contribution in [3.05, 3.63) is 30.3 Å². The van der Waals surface area contributed by atoms with Gasteiger partial charge in [-0.15, -0.1) is 0 Å². The summed E-state index contributed by atoms with van der Waals surface area (Å²) in [6.07, 6.45) is -1.18. The van der Waals surface area contributed by atoms with Gasteiger partial charge in [-0.1, -0.05) is 18.2 Å². The molecule has 0 N–H and O–H groups in total. The Labute approximate surface area is 92.9 Å². The van der Waals surface area contributed by atoms with Gasteiger partial charge < -0.3 is 0 Å². The average Bonchev–Trinajstić information content (AvgIpc) is 2.18. The van der Waals surface area contributed by atoms with Crippen LogP contribution in [0.5, 0.6) is 0 Å². The molecular weight excluding hydrogens is 240 g/mol. The second kappa shape index (κ2) is 4.74. The second-order valence-electron chi connectivity index (χ2n) is 2.81. The second-order valence-corrected chi connectivity index (χ2v) is 4.75. The highest BCUT2D eigenvalue weighted by molar-refractivity contribution is 7.86. The highest BCUT2D eigenvalue weighted by Crippen LogP contribution is 2.14. The van der Waals surface area contributed by atoms with E-state index in [1.165, 1.54) is 19.1 Å². The first-order valence-electron chi connectivity index (χ1n) is 4.11. The SMILES string of the molecule is CC(OS(=O)(=O)c1ccccc1)C(=O)Cl. The number of halogens is 1. The van der Waals surface area contributed by atoms with Crippen LogP contribution < -0.4 is 0 Å². The van der Waals surface area contributed by atoms with Crippen LogP contribution in [0.15, 0.2) is 35.2 Å². The van der Waals surface area contributed by atoms with E-state index in [1.807, 2.05) is 0 Å². The Hall–Kier alpha value is -0.910. The standard InChI is InChI=1S/C9H9ClO4S/c1-7(9(10)11)14-15(12,13)8-5-3-2-4-6-8/h2-7H,1H3. The third kappa shape index (κ3) is 3.30. The number of benzene rings is 1. The van der Waals surface area contributed by atoms with Crippen LogP contribution in [0, 0.1) is 0 Å². The van der Waals surface area contributed by atoms with Crippen LogP contribution in [-0.4, -0.2) is 19.8 Å². The fourth-order valence-electron chi connectivity index (χ4n) is 0.871. The summed E-state index contributed by atoms with van der Waals surface area (Å²) in [4.78, 5) is 10.6. The topological polar surface area (TPSA) is 60.4 Å². The van der Waals surface area contributed by atoms with Crippen LogP contribution in [-0.2, 0) is 19.1 Å². The van der Waals surface area contributed by atoms with Crippen LogP contribution in [0.1, 0.15) is 6.92 Å². The predicted molar refractivity (Wildman–Crippen MR) is 55.0 cm³/mol. The summed E-state index contributed by atoms with van der Waals surface area (Å²) in [5.41, 5.74) is 0. The first-order chi connectivity index (χ1) is 6.93. The summed E-state index contributed by atoms with van der Waals surface area (Å²) < 4.78 is 27.6. The van der Waals surface area contributed by atoms with Gasteiger partial charge in [0, 0.05) is 0 Å². The molecule has 0 saturated heterocycles. The van der Waals surface area contributed by atoms with Crippen LogP contribution in [0.3, 0.4) is 0 Å². The van der Waals surface area contributed by atoms with Crippen molar-refractivity contribution >= 4 is 27.0 Å². The van der Waals surface area contributed by atoms with Crippen molar-refractivity contribution in [1.82, 2.24) is 0 Å². The molecule has 15 heavy (non-hydrogen) atoms. The molecule has 1 rings (SSSR count). The number of hydrogen-bond donors (Lipinski definition) is 0. The summed E-state index contributed by atoms with van der Waals surface area (Å²) >= 11 is 5.09. The Bertz CT molecular complexity index is 440. The monoisotopic (exact) mass is 248 g/mol. The molecule has 0 radical (unpaired) electrons. The van der Waals surface area contributed by atoms with Crippen molar-refractivity contribution in [2.24, 2.45) is 0 Å². The van der Waals surface area contributed by atoms with Crippen LogP contribution in [0.2, 0.25) is 0 Å². The van der Waals surface area contributed by atoms with Gasteiger partial charge in [-0.25, -0.2) is 0 Å². The minimum absolute atomic E-state index is 0.00485. The van der Waals surface area contributed by atoms with E-state index in [4.69, 9.17) is 11.6 Å². The Kier molecular flexibility index (Phi) is 3.84. The molecule has 0 heterocycles. The summed E-state index contributed by atoms with van der Waals surface area (Å²) in [5.74, 6) is 0. The molecule has 1 aromatic carbocycles. The molecule has 6 heteroatoms. The first-order valence-corrected chi connectivity index (χ1v) is 5.90. The van der Waals surface area contributed by atoms with E-state index in [0.29, 0.717) is 0 Å². The number of hydrogen-bond acceptors (Lipinski definition) is 4. The Morgan fingerprint density at radius 3 is 2.33 bits per heavy atom. The van der Waals surface area contributed by atoms with Crippen molar-refractivity contribution in [1.29, 1.82) is 0 Å². The van der Waals surface area contributed by atoms with Crippen LogP contribution in [0.4, 0.5) is 0 Å². The molecule has 1 unspecified atom stereocenters. The Morgan fingerprint density at radius 1 is 1.33 bits per heavy atom. The molecule has 0 bridgehead atoms. The lowest BCUT2D eigenvalue weighted by Crippen LogP contribution is -2.20. The molecule has 1 atom stereocenters. The van der Waals surface area contributed by atoms with Gasteiger partial charge in [0.1, 0.15) is 6.10 Å². The smallest absolute Gasteiger partial charge is 0.278 e. The van der Waals surface area contributed by atoms with E-state index in [2.05, 4.69) is 4.18 Å². The fraction of sp³-hybridized carbons (Fsp3) is 0.222. The highest BCUT2D eigenvalue weighted by Gasteiger charge is 2.22. The Balaban J connectivity index is 2.91. The van der Waals surface area contributed by atoms with Crippen LogP contribution in [0.25, 0.3) is 0 Å². The van der Waals surface area contributed by atoms with Gasteiger partial charge in [0.05, 0.1) is 4.90 Å². The minimum Gasteiger partial charge on any atom is -0.278 e. The zero-order valence-electron chi connectivity index (χ0n) is 7.88. The lowest BCUT2D eigenvalue weighted by molar-refractivity contribution is -0.117. The Morgan fingerprint density at radius 2 is 1.87 bits per heavy atom. The molecule has 0 aromatic heterocycles. The molecular formula is C9H9ClO4S. The molecule has 1 aromatic rings. The van der Waals surface area contributed by atoms with E-state index in [9.17, 15) is 13.2 Å². The van der Waals surface area contributed by atoms with Crippen molar-refractivity contribution in [3.63, 3.8) is 0 Å². The molecule has 4 nitrogen and oxygen atoms in total. The highest BCUT2D eigenvalue weighted by atomic mass is 35.5. The molecule has 0 aliphatic heterocycles. The number of carbonyl (C=O) groups excluding carboxylic acids is 1. The maximum absolute atomic E-state index is 11.5. The third-order valence-electron chi connectivity index (χ3n) is 1.62. The van der Waals surface area contributed by atoms with Gasteiger partial charge >= 0.3 is 0 Å². The summed E-state index contributed by atoms with van der Waals surface area (Å²) in [5, 5.41) is -0.852. The maximum Gasteiger partial charge on any atom is 0.297 e. The van der Waals surface area contributed by atoms with Crippen molar-refractivity contribution < 1.29 is 17.4 Å². The largest absolute Gasteiger partial charge is 0.297 e. The summed E-state index contributed by atoms with van der Waals surface area (Å²) in [6, 6.07) is 7.55. The van der Waals surface area contributed by atoms with Crippen LogP contribution >= 0.6 is 11.6 Å². The zero-order chi connectivity index (χ0) is 11.5. The predicted octanol–water partition coefficient (Wildman–Crippen LogP) is 1.55. The quantitative estimate of drug-likeness (QED) is 0.599.